The molecule has 3 N–H and O–H groups in total. The van der Waals surface area contributed by atoms with E-state index < -0.39 is 0 Å². The van der Waals surface area contributed by atoms with Gasteiger partial charge in [0, 0.05) is 11.6 Å². The summed E-state index contributed by atoms with van der Waals surface area (Å²) < 4.78 is 1.67. The van der Waals surface area contributed by atoms with Gasteiger partial charge < -0.3 is 11.1 Å². The van der Waals surface area contributed by atoms with Crippen LogP contribution >= 0.6 is 11.6 Å². The van der Waals surface area contributed by atoms with Gasteiger partial charge in [0.1, 0.15) is 0 Å². The van der Waals surface area contributed by atoms with Crippen LogP contribution < -0.4 is 11.1 Å². The Bertz CT molecular complexity index is 506. The quantitative estimate of drug-likeness (QED) is 0.871. The Labute approximate surface area is 111 Å². The first-order chi connectivity index (χ1) is 8.69. The van der Waals surface area contributed by atoms with Crippen LogP contribution in [0.4, 0.5) is 11.9 Å². The summed E-state index contributed by atoms with van der Waals surface area (Å²) >= 11 is 5.84. The van der Waals surface area contributed by atoms with Gasteiger partial charge in [-0.25, -0.2) is 4.68 Å². The maximum Gasteiger partial charge on any atom is 0.243 e. The minimum atomic E-state index is 0.406. The Morgan fingerprint density at radius 1 is 1.33 bits per heavy atom. The topological polar surface area (TPSA) is 68.8 Å². The summed E-state index contributed by atoms with van der Waals surface area (Å²) in [5.74, 6) is 0.979. The summed E-state index contributed by atoms with van der Waals surface area (Å²) in [5.41, 5.74) is 6.90. The molecule has 5 nitrogen and oxygen atoms in total. The Morgan fingerprint density at radius 2 is 2.06 bits per heavy atom. The summed E-state index contributed by atoms with van der Waals surface area (Å²) in [4.78, 5) is 4.15. The van der Waals surface area contributed by atoms with Crippen molar-refractivity contribution in [3.05, 3.63) is 34.9 Å². The van der Waals surface area contributed by atoms with Crippen LogP contribution in [0.1, 0.15) is 18.9 Å². The van der Waals surface area contributed by atoms with E-state index in [9.17, 15) is 0 Å². The minimum absolute atomic E-state index is 0.406. The average Bonchev–Trinajstić information content (AvgIpc) is 2.70. The fourth-order valence-corrected chi connectivity index (χ4v) is 1.67. The van der Waals surface area contributed by atoms with Gasteiger partial charge in [0.05, 0.1) is 6.54 Å². The van der Waals surface area contributed by atoms with Gasteiger partial charge in [-0.1, -0.05) is 30.7 Å². The molecule has 0 aliphatic heterocycles. The highest BCUT2D eigenvalue weighted by molar-refractivity contribution is 6.30. The van der Waals surface area contributed by atoms with E-state index in [-0.39, 0.29) is 0 Å². The number of nitrogen functional groups attached to an aromatic ring is 1. The second-order valence-corrected chi connectivity index (χ2v) is 4.44. The van der Waals surface area contributed by atoms with Crippen LogP contribution in [-0.4, -0.2) is 21.3 Å². The number of nitrogens with zero attached hydrogens (tertiary/aromatic N) is 3. The third kappa shape index (κ3) is 3.13. The van der Waals surface area contributed by atoms with Crippen molar-refractivity contribution < 1.29 is 0 Å². The van der Waals surface area contributed by atoms with Crippen molar-refractivity contribution in [1.29, 1.82) is 0 Å². The van der Waals surface area contributed by atoms with Crippen molar-refractivity contribution in [2.45, 2.75) is 19.9 Å². The number of nitrogens with two attached hydrogens (primary N) is 1. The maximum atomic E-state index is 5.84. The first-order valence-corrected chi connectivity index (χ1v) is 6.25. The lowest BCUT2D eigenvalue weighted by molar-refractivity contribution is 0.697. The van der Waals surface area contributed by atoms with E-state index in [2.05, 4.69) is 22.3 Å². The molecule has 0 radical (unpaired) electrons. The largest absolute Gasteiger partial charge is 0.368 e. The van der Waals surface area contributed by atoms with E-state index >= 15 is 0 Å². The molecule has 0 amide bonds. The number of anilines is 2. The molecular formula is C12H16ClN5. The molecule has 18 heavy (non-hydrogen) atoms. The monoisotopic (exact) mass is 265 g/mol. The number of halogens is 1. The normalized spacial score (nSPS) is 10.6. The van der Waals surface area contributed by atoms with E-state index in [4.69, 9.17) is 17.3 Å². The van der Waals surface area contributed by atoms with Gasteiger partial charge in [-0.05, 0) is 24.1 Å². The van der Waals surface area contributed by atoms with E-state index in [0.29, 0.717) is 18.4 Å². The smallest absolute Gasteiger partial charge is 0.243 e. The van der Waals surface area contributed by atoms with Gasteiger partial charge in [-0.2, -0.15) is 4.98 Å². The zero-order valence-corrected chi connectivity index (χ0v) is 11.0. The van der Waals surface area contributed by atoms with E-state index in [1.807, 2.05) is 24.3 Å². The molecular weight excluding hydrogens is 250 g/mol. The first kappa shape index (κ1) is 12.7. The summed E-state index contributed by atoms with van der Waals surface area (Å²) in [6.07, 6.45) is 1.02. The lowest BCUT2D eigenvalue weighted by Gasteiger charge is -2.02. The molecule has 0 unspecified atom stereocenters. The maximum absolute atomic E-state index is 5.84. The second kappa shape index (κ2) is 5.73. The molecule has 0 saturated heterocycles. The molecule has 0 bridgehead atoms. The highest BCUT2D eigenvalue weighted by atomic mass is 35.5. The molecule has 0 atom stereocenters. The van der Waals surface area contributed by atoms with Crippen molar-refractivity contribution in [2.75, 3.05) is 17.6 Å². The highest BCUT2D eigenvalue weighted by Gasteiger charge is 2.06. The Morgan fingerprint density at radius 3 is 2.72 bits per heavy atom. The van der Waals surface area contributed by atoms with Crippen molar-refractivity contribution >= 4 is 23.5 Å². The predicted molar refractivity (Wildman–Crippen MR) is 73.8 cm³/mol. The zero-order valence-electron chi connectivity index (χ0n) is 10.2. The molecule has 6 heteroatoms. The number of hydrogen-bond donors (Lipinski definition) is 2. The van der Waals surface area contributed by atoms with Gasteiger partial charge in [0.15, 0.2) is 0 Å². The van der Waals surface area contributed by atoms with Crippen LogP contribution in [0.15, 0.2) is 24.3 Å². The molecule has 1 aromatic heterocycles. The van der Waals surface area contributed by atoms with Crippen molar-refractivity contribution in [3.63, 3.8) is 0 Å². The molecule has 1 heterocycles. The highest BCUT2D eigenvalue weighted by Crippen LogP contribution is 2.12. The first-order valence-electron chi connectivity index (χ1n) is 5.87. The van der Waals surface area contributed by atoms with Crippen LogP contribution in [0.25, 0.3) is 0 Å². The summed E-state index contributed by atoms with van der Waals surface area (Å²) in [5, 5.41) is 8.13. The Kier molecular flexibility index (Phi) is 4.04. The van der Waals surface area contributed by atoms with Crippen molar-refractivity contribution in [2.24, 2.45) is 0 Å². The SMILES string of the molecule is CCCNc1nc(N)n(Cc2ccc(Cl)cc2)n1. The van der Waals surface area contributed by atoms with E-state index in [1.54, 1.807) is 4.68 Å². The fraction of sp³-hybridized carbons (Fsp3) is 0.333. The van der Waals surface area contributed by atoms with Gasteiger partial charge in [-0.15, -0.1) is 5.10 Å². The van der Waals surface area contributed by atoms with Crippen LogP contribution in [0.3, 0.4) is 0 Å². The van der Waals surface area contributed by atoms with Crippen LogP contribution in [0.2, 0.25) is 5.02 Å². The predicted octanol–water partition coefficient (Wildman–Crippen LogP) is 2.38. The molecule has 0 aliphatic rings. The molecule has 2 aromatic rings. The third-order valence-corrected chi connectivity index (χ3v) is 2.73. The summed E-state index contributed by atoms with van der Waals surface area (Å²) in [7, 11) is 0. The van der Waals surface area contributed by atoms with E-state index in [1.165, 1.54) is 0 Å². The Hall–Kier alpha value is -1.75. The molecule has 0 saturated carbocycles. The number of aromatic nitrogens is 3. The zero-order chi connectivity index (χ0) is 13.0. The second-order valence-electron chi connectivity index (χ2n) is 4.00. The van der Waals surface area contributed by atoms with Gasteiger partial charge >= 0.3 is 0 Å². The fourth-order valence-electron chi connectivity index (χ4n) is 1.54. The lowest BCUT2D eigenvalue weighted by Crippen LogP contribution is -2.06. The lowest BCUT2D eigenvalue weighted by atomic mass is 10.2. The number of nitrogens with one attached hydrogen (secondary N) is 1. The van der Waals surface area contributed by atoms with Crippen LogP contribution in [0.5, 0.6) is 0 Å². The van der Waals surface area contributed by atoms with Crippen LogP contribution in [0, 0.1) is 0 Å². The van der Waals surface area contributed by atoms with Gasteiger partial charge in [0.25, 0.3) is 0 Å². The number of hydrogen-bond acceptors (Lipinski definition) is 4. The Balaban J connectivity index is 2.08. The molecule has 0 spiro atoms. The van der Waals surface area contributed by atoms with Crippen molar-refractivity contribution in [3.8, 4) is 0 Å². The number of benzene rings is 1. The van der Waals surface area contributed by atoms with Crippen molar-refractivity contribution in [1.82, 2.24) is 14.8 Å². The standard InChI is InChI=1S/C12H16ClN5/c1-2-7-15-12-16-11(14)18(17-12)8-9-3-5-10(13)6-4-9/h3-6H,2,7-8H2,1H3,(H3,14,15,16,17). The average molecular weight is 266 g/mol. The third-order valence-electron chi connectivity index (χ3n) is 2.48. The van der Waals surface area contributed by atoms with Crippen LogP contribution in [-0.2, 0) is 6.54 Å². The van der Waals surface area contributed by atoms with E-state index in [0.717, 1.165) is 23.6 Å². The molecule has 0 fully saturated rings. The summed E-state index contributed by atoms with van der Waals surface area (Å²) in [6, 6.07) is 7.59. The molecule has 0 aliphatic carbocycles. The molecule has 1 aromatic carbocycles. The minimum Gasteiger partial charge on any atom is -0.368 e. The van der Waals surface area contributed by atoms with Gasteiger partial charge in [0.2, 0.25) is 11.9 Å². The molecule has 96 valence electrons. The molecule has 2 rings (SSSR count). The van der Waals surface area contributed by atoms with Gasteiger partial charge in [-0.3, -0.25) is 0 Å². The number of rotatable bonds is 5. The summed E-state index contributed by atoms with van der Waals surface area (Å²) in [6.45, 7) is 3.51.